The predicted octanol–water partition coefficient (Wildman–Crippen LogP) is 1.79. The van der Waals surface area contributed by atoms with Gasteiger partial charge in [0.2, 0.25) is 5.91 Å². The van der Waals surface area contributed by atoms with Crippen LogP contribution in [0.5, 0.6) is 5.75 Å². The number of rotatable bonds is 10. The molecule has 30 heavy (non-hydrogen) atoms. The summed E-state index contributed by atoms with van der Waals surface area (Å²) in [7, 11) is 7.37. The van der Waals surface area contributed by atoms with E-state index in [4.69, 9.17) is 9.57 Å². The molecule has 0 bridgehead atoms. The van der Waals surface area contributed by atoms with Crippen LogP contribution in [0.4, 0.5) is 17.1 Å². The van der Waals surface area contributed by atoms with Crippen LogP contribution < -0.4 is 20.4 Å². The van der Waals surface area contributed by atoms with Crippen molar-refractivity contribution >= 4 is 28.9 Å². The third kappa shape index (κ3) is 6.17. The van der Waals surface area contributed by atoms with Gasteiger partial charge >= 0.3 is 5.97 Å². The van der Waals surface area contributed by atoms with Crippen molar-refractivity contribution in [2.75, 3.05) is 57.0 Å². The number of ether oxygens (including phenoxy) is 1. The minimum absolute atomic E-state index is 0.184. The van der Waals surface area contributed by atoms with Crippen molar-refractivity contribution in [3.63, 3.8) is 0 Å². The van der Waals surface area contributed by atoms with E-state index in [0.29, 0.717) is 23.7 Å². The molecule has 160 valence electrons. The second-order valence-electron chi connectivity index (χ2n) is 6.61. The molecule has 0 radical (unpaired) electrons. The molecule has 1 aromatic carbocycles. The van der Waals surface area contributed by atoms with Crippen LogP contribution in [0.15, 0.2) is 43.5 Å². The summed E-state index contributed by atoms with van der Waals surface area (Å²) in [5.74, 6) is -0.608. The second-order valence-corrected chi connectivity index (χ2v) is 6.61. The molecule has 0 aliphatic carbocycles. The smallest absolute Gasteiger partial charge is 0.365 e. The molecule has 0 unspecified atom stereocenters. The summed E-state index contributed by atoms with van der Waals surface area (Å²) in [6, 6.07) is 3.37. The molecule has 2 rings (SSSR count). The Balaban J connectivity index is 2.30. The highest BCUT2D eigenvalue weighted by atomic mass is 16.7. The quantitative estimate of drug-likeness (QED) is 0.444. The van der Waals surface area contributed by atoms with Gasteiger partial charge in [-0.1, -0.05) is 6.58 Å². The van der Waals surface area contributed by atoms with Gasteiger partial charge in [-0.25, -0.2) is 20.2 Å². The molecule has 0 saturated heterocycles. The Bertz CT molecular complexity index is 888. The molecule has 0 aliphatic heterocycles. The number of hydrogen-bond acceptors (Lipinski definition) is 9. The van der Waals surface area contributed by atoms with Gasteiger partial charge in [0.15, 0.2) is 0 Å². The fraction of sp³-hybridized carbons (Fsp3) is 0.300. The average Bonchev–Trinajstić information content (AvgIpc) is 2.76. The molecule has 1 aromatic heterocycles. The van der Waals surface area contributed by atoms with Crippen molar-refractivity contribution in [1.82, 2.24) is 14.9 Å². The molecule has 1 amide bonds. The number of carbonyl (C=O) groups is 2. The van der Waals surface area contributed by atoms with Crippen molar-refractivity contribution in [3.05, 3.63) is 49.1 Å². The van der Waals surface area contributed by atoms with E-state index < -0.39 is 5.97 Å². The molecule has 0 saturated carbocycles. The number of aromatic nitrogens is 2. The number of benzene rings is 1. The van der Waals surface area contributed by atoms with E-state index in [2.05, 4.69) is 32.2 Å². The molecular formula is C20H26N6O4. The van der Waals surface area contributed by atoms with Crippen molar-refractivity contribution in [1.29, 1.82) is 0 Å². The minimum atomic E-state index is -0.665. The van der Waals surface area contributed by atoms with E-state index in [0.717, 1.165) is 12.2 Å². The number of hydrogen-bond donors (Lipinski definition) is 2. The largest absolute Gasteiger partial charge is 0.494 e. The highest BCUT2D eigenvalue weighted by Gasteiger charge is 2.17. The summed E-state index contributed by atoms with van der Waals surface area (Å²) in [5.41, 5.74) is 4.35. The lowest BCUT2D eigenvalue weighted by molar-refractivity contribution is -0.111. The van der Waals surface area contributed by atoms with Crippen LogP contribution in [0.1, 0.15) is 10.4 Å². The average molecular weight is 414 g/mol. The molecule has 10 nitrogen and oxygen atoms in total. The zero-order chi connectivity index (χ0) is 22.1. The van der Waals surface area contributed by atoms with Crippen LogP contribution in [0.3, 0.4) is 0 Å². The maximum Gasteiger partial charge on any atom is 0.365 e. The fourth-order valence-electron chi connectivity index (χ4n) is 2.45. The lowest BCUT2D eigenvalue weighted by atomic mass is 10.2. The van der Waals surface area contributed by atoms with Crippen molar-refractivity contribution in [3.8, 4) is 5.75 Å². The molecule has 2 N–H and O–H groups in total. The van der Waals surface area contributed by atoms with Gasteiger partial charge in [0.25, 0.3) is 0 Å². The van der Waals surface area contributed by atoms with Gasteiger partial charge in [-0.15, -0.1) is 0 Å². The minimum Gasteiger partial charge on any atom is -0.494 e. The summed E-state index contributed by atoms with van der Waals surface area (Å²) in [4.78, 5) is 40.8. The normalized spacial score (nSPS) is 10.3. The van der Waals surface area contributed by atoms with E-state index in [1.807, 2.05) is 26.0 Å². The fourth-order valence-corrected chi connectivity index (χ4v) is 2.45. The number of amides is 1. The highest BCUT2D eigenvalue weighted by Crippen LogP contribution is 2.37. The Hall–Kier alpha value is -3.66. The predicted molar refractivity (Wildman–Crippen MR) is 115 cm³/mol. The van der Waals surface area contributed by atoms with E-state index in [1.165, 1.54) is 31.9 Å². The maximum atomic E-state index is 12.1. The maximum absolute atomic E-state index is 12.1. The summed E-state index contributed by atoms with van der Waals surface area (Å²) < 4.78 is 5.44. The first-order valence-electron chi connectivity index (χ1n) is 9.09. The van der Waals surface area contributed by atoms with Crippen LogP contribution in [-0.4, -0.2) is 68.1 Å². The van der Waals surface area contributed by atoms with E-state index >= 15 is 0 Å². The Morgan fingerprint density at radius 2 is 1.83 bits per heavy atom. The summed E-state index contributed by atoms with van der Waals surface area (Å²) in [6.07, 6.45) is 5.17. The topological polar surface area (TPSA) is 109 Å². The molecule has 0 spiro atoms. The Labute approximate surface area is 175 Å². The van der Waals surface area contributed by atoms with Gasteiger partial charge in [-0.05, 0) is 26.2 Å². The van der Waals surface area contributed by atoms with Gasteiger partial charge in [-0.2, -0.15) is 0 Å². The number of nitrogens with zero attached hydrogens (tertiary/aromatic N) is 4. The molecule has 0 atom stereocenters. The molecule has 2 aromatic rings. The third-order valence-corrected chi connectivity index (χ3v) is 4.10. The standard InChI is InChI=1S/C20H26N6O4/c1-6-19(27)23-15-9-16(24-30-20(28)14-11-21-13-22-12-14)18(29-5)10-17(15)26(4)8-7-25(2)3/h6,9-13,24H,1,7-8H2,2-5H3,(H,23,27). The van der Waals surface area contributed by atoms with Crippen LogP contribution in [0.25, 0.3) is 0 Å². The number of likely N-dealkylation sites (N-methyl/N-ethyl adjacent to an activating group) is 2. The van der Waals surface area contributed by atoms with Crippen LogP contribution in [0.2, 0.25) is 0 Å². The Kier molecular flexibility index (Phi) is 8.12. The highest BCUT2D eigenvalue weighted by molar-refractivity contribution is 6.02. The SMILES string of the molecule is C=CC(=O)Nc1cc(NOC(=O)c2cncnc2)c(OC)cc1N(C)CCN(C)C. The van der Waals surface area contributed by atoms with Gasteiger partial charge < -0.3 is 24.7 Å². The molecule has 10 heteroatoms. The van der Waals surface area contributed by atoms with E-state index in [-0.39, 0.29) is 11.5 Å². The van der Waals surface area contributed by atoms with Gasteiger partial charge in [0, 0.05) is 38.6 Å². The second kappa shape index (κ2) is 10.8. The van der Waals surface area contributed by atoms with Crippen molar-refractivity contribution < 1.29 is 19.2 Å². The molecular weight excluding hydrogens is 388 g/mol. The number of nitrogens with one attached hydrogen (secondary N) is 2. The Morgan fingerprint density at radius 3 is 2.43 bits per heavy atom. The number of anilines is 3. The molecule has 1 heterocycles. The molecule has 0 aliphatic rings. The zero-order valence-electron chi connectivity index (χ0n) is 17.5. The first kappa shape index (κ1) is 22.6. The van der Waals surface area contributed by atoms with Gasteiger partial charge in [-0.3, -0.25) is 4.79 Å². The third-order valence-electron chi connectivity index (χ3n) is 4.10. The lowest BCUT2D eigenvalue weighted by Crippen LogP contribution is -2.29. The number of carbonyl (C=O) groups excluding carboxylic acids is 2. The lowest BCUT2D eigenvalue weighted by Gasteiger charge is -2.25. The zero-order valence-corrected chi connectivity index (χ0v) is 17.5. The monoisotopic (exact) mass is 414 g/mol. The Morgan fingerprint density at radius 1 is 1.13 bits per heavy atom. The summed E-state index contributed by atoms with van der Waals surface area (Å²) in [5, 5.41) is 2.77. The van der Waals surface area contributed by atoms with Gasteiger partial charge in [0.1, 0.15) is 17.8 Å². The summed E-state index contributed by atoms with van der Waals surface area (Å²) >= 11 is 0. The first-order chi connectivity index (χ1) is 14.3. The first-order valence-corrected chi connectivity index (χ1v) is 9.09. The van der Waals surface area contributed by atoms with Crippen LogP contribution >= 0.6 is 0 Å². The van der Waals surface area contributed by atoms with E-state index in [1.54, 1.807) is 12.1 Å². The number of methoxy groups -OCH3 is 1. The van der Waals surface area contributed by atoms with Crippen LogP contribution in [-0.2, 0) is 9.63 Å². The van der Waals surface area contributed by atoms with Gasteiger partial charge in [0.05, 0.1) is 24.0 Å². The van der Waals surface area contributed by atoms with Crippen LogP contribution in [0, 0.1) is 0 Å². The summed E-state index contributed by atoms with van der Waals surface area (Å²) in [6.45, 7) is 5.01. The van der Waals surface area contributed by atoms with Crippen molar-refractivity contribution in [2.24, 2.45) is 0 Å². The van der Waals surface area contributed by atoms with Crippen molar-refractivity contribution in [2.45, 2.75) is 0 Å². The molecule has 0 fully saturated rings. The van der Waals surface area contributed by atoms with E-state index in [9.17, 15) is 9.59 Å².